The van der Waals surface area contributed by atoms with Gasteiger partial charge in [-0.1, -0.05) is 6.07 Å². The van der Waals surface area contributed by atoms with E-state index in [0.29, 0.717) is 12.1 Å². The van der Waals surface area contributed by atoms with E-state index in [9.17, 15) is 14.3 Å². The molecule has 0 aromatic heterocycles. The predicted octanol–water partition coefficient (Wildman–Crippen LogP) is 1.38. The maximum Gasteiger partial charge on any atom is 0.221 e. The first kappa shape index (κ1) is 13.6. The van der Waals surface area contributed by atoms with Gasteiger partial charge in [-0.25, -0.2) is 4.39 Å². The van der Waals surface area contributed by atoms with Crippen LogP contribution < -0.4 is 5.32 Å². The first-order valence-electron chi connectivity index (χ1n) is 5.30. The smallest absolute Gasteiger partial charge is 0.221 e. The monoisotopic (exact) mass is 240 g/mol. The number of rotatable bonds is 4. The number of hydrogen-bond donors (Lipinski definition) is 2. The quantitative estimate of drug-likeness (QED) is 0.836. The molecule has 1 aromatic carbocycles. The van der Waals surface area contributed by atoms with Crippen molar-refractivity contribution in [2.24, 2.45) is 0 Å². The molecule has 0 saturated carbocycles. The number of aliphatic hydroxyl groups excluding tert-OH is 1. The average molecular weight is 240 g/mol. The van der Waals surface area contributed by atoms with E-state index in [1.54, 1.807) is 6.07 Å². The van der Waals surface area contributed by atoms with Crippen LogP contribution in [0.3, 0.4) is 0 Å². The van der Waals surface area contributed by atoms with E-state index < -0.39 is 11.9 Å². The maximum absolute atomic E-state index is 13.6. The number of benzene rings is 1. The normalized spacial score (nSPS) is 12.6. The second kappa shape index (κ2) is 5.75. The van der Waals surface area contributed by atoms with Crippen molar-refractivity contribution in [2.45, 2.75) is 13.0 Å². The summed E-state index contributed by atoms with van der Waals surface area (Å²) in [6.45, 7) is 1.73. The number of halogens is 1. The number of aliphatic hydroxyl groups is 1. The minimum absolute atomic E-state index is 0.123. The highest BCUT2D eigenvalue weighted by molar-refractivity contribution is 5.88. The van der Waals surface area contributed by atoms with Gasteiger partial charge in [0.05, 0.1) is 11.8 Å². The predicted molar refractivity (Wildman–Crippen MR) is 64.2 cm³/mol. The highest BCUT2D eigenvalue weighted by atomic mass is 19.1. The van der Waals surface area contributed by atoms with Gasteiger partial charge in [0.15, 0.2) is 0 Å². The molecule has 17 heavy (non-hydrogen) atoms. The first-order valence-corrected chi connectivity index (χ1v) is 5.30. The SMILES string of the molecule is CC(=O)Nc1ccc(C(O)CN(C)C)cc1F. The molecule has 0 heterocycles. The van der Waals surface area contributed by atoms with Crippen LogP contribution in [0.5, 0.6) is 0 Å². The van der Waals surface area contributed by atoms with E-state index >= 15 is 0 Å². The molecule has 0 spiro atoms. The second-order valence-corrected chi connectivity index (χ2v) is 4.20. The van der Waals surface area contributed by atoms with Gasteiger partial charge in [-0.3, -0.25) is 4.79 Å². The number of nitrogens with one attached hydrogen (secondary N) is 1. The van der Waals surface area contributed by atoms with Crippen molar-refractivity contribution in [3.05, 3.63) is 29.6 Å². The van der Waals surface area contributed by atoms with E-state index in [-0.39, 0.29) is 11.6 Å². The largest absolute Gasteiger partial charge is 0.387 e. The number of amides is 1. The summed E-state index contributed by atoms with van der Waals surface area (Å²) in [5, 5.41) is 12.2. The van der Waals surface area contributed by atoms with Crippen LogP contribution in [0.25, 0.3) is 0 Å². The molecule has 5 heteroatoms. The van der Waals surface area contributed by atoms with Crippen LogP contribution in [-0.2, 0) is 4.79 Å². The topological polar surface area (TPSA) is 52.6 Å². The van der Waals surface area contributed by atoms with Crippen LogP contribution in [0, 0.1) is 5.82 Å². The summed E-state index contributed by atoms with van der Waals surface area (Å²) in [4.78, 5) is 12.6. The van der Waals surface area contributed by atoms with Crippen LogP contribution in [0.1, 0.15) is 18.6 Å². The number of anilines is 1. The molecule has 0 aliphatic rings. The van der Waals surface area contributed by atoms with Gasteiger partial charge >= 0.3 is 0 Å². The molecule has 1 atom stereocenters. The molecule has 0 aliphatic heterocycles. The summed E-state index contributed by atoms with van der Waals surface area (Å²) in [7, 11) is 3.65. The van der Waals surface area contributed by atoms with E-state index in [0.717, 1.165) is 0 Å². The highest BCUT2D eigenvalue weighted by Gasteiger charge is 2.12. The van der Waals surface area contributed by atoms with E-state index in [4.69, 9.17) is 0 Å². The zero-order valence-corrected chi connectivity index (χ0v) is 10.2. The standard InChI is InChI=1S/C12H17FN2O2/c1-8(16)14-11-5-4-9(6-10(11)13)12(17)7-15(2)3/h4-6,12,17H,7H2,1-3H3,(H,14,16). The lowest BCUT2D eigenvalue weighted by molar-refractivity contribution is -0.114. The minimum Gasteiger partial charge on any atom is -0.387 e. The molecule has 0 aliphatic carbocycles. The van der Waals surface area contributed by atoms with Gasteiger partial charge in [0.1, 0.15) is 5.82 Å². The lowest BCUT2D eigenvalue weighted by Gasteiger charge is -2.16. The van der Waals surface area contributed by atoms with Crippen molar-refractivity contribution in [3.63, 3.8) is 0 Å². The second-order valence-electron chi connectivity index (χ2n) is 4.20. The molecular weight excluding hydrogens is 223 g/mol. The Morgan fingerprint density at radius 2 is 2.18 bits per heavy atom. The third-order valence-electron chi connectivity index (χ3n) is 2.23. The van der Waals surface area contributed by atoms with Crippen molar-refractivity contribution in [2.75, 3.05) is 26.0 Å². The summed E-state index contributed by atoms with van der Waals surface area (Å²) in [5.41, 5.74) is 0.614. The van der Waals surface area contributed by atoms with Gasteiger partial charge in [0, 0.05) is 13.5 Å². The Morgan fingerprint density at radius 1 is 1.53 bits per heavy atom. The molecular formula is C12H17FN2O2. The summed E-state index contributed by atoms with van der Waals surface area (Å²) in [6.07, 6.45) is -0.745. The zero-order chi connectivity index (χ0) is 13.0. The fourth-order valence-corrected chi connectivity index (χ4v) is 1.48. The fraction of sp³-hybridized carbons (Fsp3) is 0.417. The van der Waals surface area contributed by atoms with Gasteiger partial charge in [0.25, 0.3) is 0 Å². The molecule has 0 fully saturated rings. The Hall–Kier alpha value is -1.46. The molecule has 0 bridgehead atoms. The summed E-state index contributed by atoms with van der Waals surface area (Å²) in [5.74, 6) is -0.874. The summed E-state index contributed by atoms with van der Waals surface area (Å²) >= 11 is 0. The first-order chi connectivity index (χ1) is 7.90. The van der Waals surface area contributed by atoms with Gasteiger partial charge < -0.3 is 15.3 Å². The number of hydrogen-bond acceptors (Lipinski definition) is 3. The van der Waals surface area contributed by atoms with E-state index in [1.165, 1.54) is 19.1 Å². The van der Waals surface area contributed by atoms with Crippen molar-refractivity contribution in [3.8, 4) is 0 Å². The zero-order valence-electron chi connectivity index (χ0n) is 10.2. The fourth-order valence-electron chi connectivity index (χ4n) is 1.48. The number of carbonyl (C=O) groups excluding carboxylic acids is 1. The summed E-state index contributed by atoms with van der Waals surface area (Å²) < 4.78 is 13.6. The molecule has 0 saturated heterocycles. The molecule has 0 radical (unpaired) electrons. The highest BCUT2D eigenvalue weighted by Crippen LogP contribution is 2.20. The molecule has 94 valence electrons. The molecule has 1 amide bonds. The van der Waals surface area contributed by atoms with Crippen molar-refractivity contribution in [1.29, 1.82) is 0 Å². The summed E-state index contributed by atoms with van der Waals surface area (Å²) in [6, 6.07) is 4.28. The Balaban J connectivity index is 2.84. The van der Waals surface area contributed by atoms with Crippen molar-refractivity contribution >= 4 is 11.6 Å². The van der Waals surface area contributed by atoms with E-state index in [2.05, 4.69) is 5.32 Å². The Labute approximate surface area is 100 Å². The number of carbonyl (C=O) groups is 1. The van der Waals surface area contributed by atoms with Crippen LogP contribution in [0.4, 0.5) is 10.1 Å². The van der Waals surface area contributed by atoms with Crippen LogP contribution in [0.15, 0.2) is 18.2 Å². The molecule has 4 nitrogen and oxygen atoms in total. The minimum atomic E-state index is -0.745. The lowest BCUT2D eigenvalue weighted by atomic mass is 10.1. The molecule has 1 rings (SSSR count). The van der Waals surface area contributed by atoms with Crippen molar-refractivity contribution < 1.29 is 14.3 Å². The van der Waals surface area contributed by atoms with Crippen LogP contribution in [-0.4, -0.2) is 36.6 Å². The molecule has 1 aromatic rings. The Morgan fingerprint density at radius 3 is 2.65 bits per heavy atom. The molecule has 1 unspecified atom stereocenters. The van der Waals surface area contributed by atoms with E-state index in [1.807, 2.05) is 19.0 Å². The molecule has 2 N–H and O–H groups in total. The van der Waals surface area contributed by atoms with Crippen LogP contribution >= 0.6 is 0 Å². The number of likely N-dealkylation sites (N-methyl/N-ethyl adjacent to an activating group) is 1. The number of nitrogens with zero attached hydrogens (tertiary/aromatic N) is 1. The lowest BCUT2D eigenvalue weighted by Crippen LogP contribution is -2.20. The average Bonchev–Trinajstić information content (AvgIpc) is 2.19. The van der Waals surface area contributed by atoms with Crippen molar-refractivity contribution in [1.82, 2.24) is 4.90 Å². The van der Waals surface area contributed by atoms with Crippen LogP contribution in [0.2, 0.25) is 0 Å². The maximum atomic E-state index is 13.6. The Bertz CT molecular complexity index is 407. The van der Waals surface area contributed by atoms with Gasteiger partial charge in [-0.2, -0.15) is 0 Å². The van der Waals surface area contributed by atoms with Gasteiger partial charge in [-0.15, -0.1) is 0 Å². The van der Waals surface area contributed by atoms with Gasteiger partial charge in [-0.05, 0) is 31.8 Å². The third-order valence-corrected chi connectivity index (χ3v) is 2.23. The Kier molecular flexibility index (Phi) is 4.60. The van der Waals surface area contributed by atoms with Gasteiger partial charge in [0.2, 0.25) is 5.91 Å². The third kappa shape index (κ3) is 4.13.